The first-order chi connectivity index (χ1) is 14.7. The molecule has 2 heterocycles. The number of carbonyl (C=O) groups excluding carboxylic acids is 1. The lowest BCUT2D eigenvalue weighted by atomic mass is 9.99. The molecule has 1 aromatic carbocycles. The first kappa shape index (κ1) is 22.6. The molecule has 3 rings (SSSR count). The summed E-state index contributed by atoms with van der Waals surface area (Å²) in [5.41, 5.74) is 2.68. The van der Waals surface area contributed by atoms with E-state index in [-0.39, 0.29) is 5.91 Å². The van der Waals surface area contributed by atoms with E-state index in [1.807, 2.05) is 4.90 Å². The number of guanidine groups is 1. The van der Waals surface area contributed by atoms with Gasteiger partial charge in [-0.1, -0.05) is 38.1 Å². The Hall–Kier alpha value is -2.08. The molecule has 30 heavy (non-hydrogen) atoms. The van der Waals surface area contributed by atoms with E-state index in [2.05, 4.69) is 60.2 Å². The van der Waals surface area contributed by atoms with E-state index >= 15 is 0 Å². The molecule has 166 valence electrons. The topological polar surface area (TPSA) is 51.2 Å². The Morgan fingerprint density at radius 2 is 1.90 bits per heavy atom. The van der Waals surface area contributed by atoms with E-state index in [1.165, 1.54) is 17.5 Å². The molecule has 0 saturated carbocycles. The Balaban J connectivity index is 1.46. The number of likely N-dealkylation sites (tertiary alicyclic amines) is 1. The fourth-order valence-corrected chi connectivity index (χ4v) is 4.68. The fourth-order valence-electron chi connectivity index (χ4n) is 4.68. The minimum atomic E-state index is 0.257. The summed E-state index contributed by atoms with van der Waals surface area (Å²) in [7, 11) is 0. The third kappa shape index (κ3) is 5.75. The van der Waals surface area contributed by atoms with E-state index in [4.69, 9.17) is 4.99 Å². The van der Waals surface area contributed by atoms with Crippen LogP contribution in [0.15, 0.2) is 29.3 Å². The number of likely N-dealkylation sites (N-methyl/N-ethyl adjacent to an activating group) is 1. The van der Waals surface area contributed by atoms with Gasteiger partial charge in [-0.15, -0.1) is 0 Å². The van der Waals surface area contributed by atoms with Crippen LogP contribution in [-0.4, -0.2) is 78.4 Å². The predicted octanol–water partition coefficient (Wildman–Crippen LogP) is 2.73. The SMILES string of the molecule is CCNC(=NCCCC(=O)N1CCc2ccccc2C1)N1CCC(N(CC)CC)C1. The zero-order valence-corrected chi connectivity index (χ0v) is 19.1. The summed E-state index contributed by atoms with van der Waals surface area (Å²) < 4.78 is 0. The average Bonchev–Trinajstić information content (AvgIpc) is 3.26. The van der Waals surface area contributed by atoms with Crippen LogP contribution in [0.3, 0.4) is 0 Å². The molecular formula is C24H39N5O. The number of amides is 1. The fraction of sp³-hybridized carbons (Fsp3) is 0.667. The Morgan fingerprint density at radius 1 is 1.13 bits per heavy atom. The number of hydrogen-bond donors (Lipinski definition) is 1. The third-order valence-corrected chi connectivity index (χ3v) is 6.42. The summed E-state index contributed by atoms with van der Waals surface area (Å²) >= 11 is 0. The summed E-state index contributed by atoms with van der Waals surface area (Å²) in [6.45, 7) is 14.1. The third-order valence-electron chi connectivity index (χ3n) is 6.42. The van der Waals surface area contributed by atoms with Crippen molar-refractivity contribution >= 4 is 11.9 Å². The van der Waals surface area contributed by atoms with Crippen LogP contribution in [0.4, 0.5) is 0 Å². The highest BCUT2D eigenvalue weighted by Crippen LogP contribution is 2.19. The van der Waals surface area contributed by atoms with Crippen LogP contribution in [0.1, 0.15) is 51.2 Å². The van der Waals surface area contributed by atoms with Crippen molar-refractivity contribution < 1.29 is 4.79 Å². The highest BCUT2D eigenvalue weighted by Gasteiger charge is 2.28. The number of carbonyl (C=O) groups is 1. The summed E-state index contributed by atoms with van der Waals surface area (Å²) in [5.74, 6) is 1.26. The highest BCUT2D eigenvalue weighted by atomic mass is 16.2. The summed E-state index contributed by atoms with van der Waals surface area (Å²) in [6.07, 6.45) is 3.54. The summed E-state index contributed by atoms with van der Waals surface area (Å²) in [4.78, 5) is 24.4. The first-order valence-corrected chi connectivity index (χ1v) is 11.8. The molecule has 1 saturated heterocycles. The molecule has 1 unspecified atom stereocenters. The van der Waals surface area contributed by atoms with Crippen molar-refractivity contribution in [2.45, 2.75) is 59.0 Å². The lowest BCUT2D eigenvalue weighted by Gasteiger charge is -2.29. The molecule has 0 spiro atoms. The predicted molar refractivity (Wildman–Crippen MR) is 124 cm³/mol. The molecular weight excluding hydrogens is 374 g/mol. The lowest BCUT2D eigenvalue weighted by molar-refractivity contribution is -0.132. The van der Waals surface area contributed by atoms with Crippen LogP contribution in [0, 0.1) is 0 Å². The van der Waals surface area contributed by atoms with Crippen LogP contribution < -0.4 is 5.32 Å². The van der Waals surface area contributed by atoms with Crippen molar-refractivity contribution in [3.05, 3.63) is 35.4 Å². The largest absolute Gasteiger partial charge is 0.357 e. The van der Waals surface area contributed by atoms with Gasteiger partial charge in [-0.2, -0.15) is 0 Å². The molecule has 1 fully saturated rings. The second-order valence-corrected chi connectivity index (χ2v) is 8.28. The van der Waals surface area contributed by atoms with Gasteiger partial charge >= 0.3 is 0 Å². The van der Waals surface area contributed by atoms with E-state index in [0.29, 0.717) is 19.0 Å². The van der Waals surface area contributed by atoms with Gasteiger partial charge in [0.25, 0.3) is 0 Å². The minimum absolute atomic E-state index is 0.257. The Kier molecular flexibility index (Phi) is 8.55. The molecule has 6 heteroatoms. The van der Waals surface area contributed by atoms with E-state index in [1.54, 1.807) is 0 Å². The molecule has 1 amide bonds. The van der Waals surface area contributed by atoms with Crippen LogP contribution in [0.25, 0.3) is 0 Å². The highest BCUT2D eigenvalue weighted by molar-refractivity contribution is 5.80. The number of nitrogens with zero attached hydrogens (tertiary/aromatic N) is 4. The van der Waals surface area contributed by atoms with Gasteiger partial charge in [0, 0.05) is 51.7 Å². The van der Waals surface area contributed by atoms with Gasteiger partial charge in [0.2, 0.25) is 5.91 Å². The minimum Gasteiger partial charge on any atom is -0.357 e. The quantitative estimate of drug-likeness (QED) is 0.404. The van der Waals surface area contributed by atoms with Crippen molar-refractivity contribution in [2.75, 3.05) is 45.8 Å². The van der Waals surface area contributed by atoms with E-state index in [0.717, 1.165) is 64.6 Å². The molecule has 0 radical (unpaired) electrons. The molecule has 1 aromatic rings. The van der Waals surface area contributed by atoms with Gasteiger partial charge < -0.3 is 15.1 Å². The van der Waals surface area contributed by atoms with Gasteiger partial charge in [0.1, 0.15) is 0 Å². The zero-order chi connectivity index (χ0) is 21.3. The second-order valence-electron chi connectivity index (χ2n) is 8.28. The summed E-state index contributed by atoms with van der Waals surface area (Å²) in [6, 6.07) is 9.08. The van der Waals surface area contributed by atoms with Gasteiger partial charge in [-0.3, -0.25) is 14.7 Å². The maximum Gasteiger partial charge on any atom is 0.222 e. The molecule has 1 N–H and O–H groups in total. The molecule has 6 nitrogen and oxygen atoms in total. The van der Waals surface area contributed by atoms with E-state index in [9.17, 15) is 4.79 Å². The van der Waals surface area contributed by atoms with Crippen LogP contribution in [0.5, 0.6) is 0 Å². The monoisotopic (exact) mass is 413 g/mol. The second kappa shape index (κ2) is 11.3. The smallest absolute Gasteiger partial charge is 0.222 e. The Bertz CT molecular complexity index is 715. The number of nitrogens with one attached hydrogen (secondary N) is 1. The maximum absolute atomic E-state index is 12.7. The van der Waals surface area contributed by atoms with Gasteiger partial charge in [-0.25, -0.2) is 0 Å². The number of benzene rings is 1. The van der Waals surface area contributed by atoms with Crippen molar-refractivity contribution in [3.63, 3.8) is 0 Å². The number of hydrogen-bond acceptors (Lipinski definition) is 3. The normalized spacial score (nSPS) is 19.3. The van der Waals surface area contributed by atoms with Crippen molar-refractivity contribution in [3.8, 4) is 0 Å². The zero-order valence-electron chi connectivity index (χ0n) is 19.1. The Morgan fingerprint density at radius 3 is 2.63 bits per heavy atom. The van der Waals surface area contributed by atoms with Crippen LogP contribution in [-0.2, 0) is 17.8 Å². The van der Waals surface area contributed by atoms with Crippen LogP contribution >= 0.6 is 0 Å². The Labute approximate surface area is 182 Å². The van der Waals surface area contributed by atoms with E-state index < -0.39 is 0 Å². The van der Waals surface area contributed by atoms with Crippen LogP contribution in [0.2, 0.25) is 0 Å². The maximum atomic E-state index is 12.7. The number of rotatable bonds is 8. The lowest BCUT2D eigenvalue weighted by Crippen LogP contribution is -2.43. The standard InChI is InChI=1S/C24H39N5O/c1-4-25-24(29-17-14-22(19-29)27(5-2)6-3)26-15-9-12-23(30)28-16-13-20-10-7-8-11-21(20)18-28/h7-8,10-11,22H,4-6,9,12-19H2,1-3H3,(H,25,26). The molecule has 0 aromatic heterocycles. The average molecular weight is 414 g/mol. The molecule has 2 aliphatic heterocycles. The van der Waals surface area contributed by atoms with Gasteiger partial charge in [0.15, 0.2) is 5.96 Å². The van der Waals surface area contributed by atoms with Crippen molar-refractivity contribution in [1.82, 2.24) is 20.0 Å². The molecule has 2 aliphatic rings. The van der Waals surface area contributed by atoms with Crippen molar-refractivity contribution in [1.29, 1.82) is 0 Å². The summed E-state index contributed by atoms with van der Waals surface area (Å²) in [5, 5.41) is 3.44. The van der Waals surface area contributed by atoms with Gasteiger partial charge in [0.05, 0.1) is 0 Å². The molecule has 1 atom stereocenters. The molecule has 0 bridgehead atoms. The first-order valence-electron chi connectivity index (χ1n) is 11.8. The number of fused-ring (bicyclic) bond motifs is 1. The van der Waals surface area contributed by atoms with Gasteiger partial charge in [-0.05, 0) is 50.4 Å². The molecule has 0 aliphatic carbocycles. The number of aliphatic imine (C=N–C) groups is 1. The van der Waals surface area contributed by atoms with Crippen molar-refractivity contribution in [2.24, 2.45) is 4.99 Å².